The molecule has 0 bridgehead atoms. The summed E-state index contributed by atoms with van der Waals surface area (Å²) in [4.78, 5) is 11.2. The minimum atomic E-state index is -4.73. The van der Waals surface area contributed by atoms with Gasteiger partial charge in [-0.15, -0.1) is 13.2 Å². The normalized spacial score (nSPS) is 15.2. The number of anilines is 1. The van der Waals surface area contributed by atoms with Crippen LogP contribution in [0.25, 0.3) is 0 Å². The Bertz CT molecular complexity index is 473. The summed E-state index contributed by atoms with van der Waals surface area (Å²) >= 11 is 3.17. The number of carbonyl (C=O) groups is 1. The van der Waals surface area contributed by atoms with E-state index < -0.39 is 6.36 Å². The summed E-state index contributed by atoms with van der Waals surface area (Å²) in [5.41, 5.74) is 0.708. The van der Waals surface area contributed by atoms with Gasteiger partial charge in [-0.3, -0.25) is 4.79 Å². The third-order valence-electron chi connectivity index (χ3n) is 2.31. The lowest BCUT2D eigenvalue weighted by molar-refractivity contribution is -0.274. The smallest absolute Gasteiger partial charge is 0.405 e. The van der Waals surface area contributed by atoms with Gasteiger partial charge in [0.1, 0.15) is 5.75 Å². The lowest BCUT2D eigenvalue weighted by atomic mass is 10.0. The number of hydrogen-bond donors (Lipinski definition) is 1. The molecule has 1 aliphatic rings. The molecule has 17 heavy (non-hydrogen) atoms. The summed E-state index contributed by atoms with van der Waals surface area (Å²) in [6.07, 6.45) is -4.35. The van der Waals surface area contributed by atoms with Crippen molar-refractivity contribution in [1.29, 1.82) is 0 Å². The molecule has 92 valence electrons. The van der Waals surface area contributed by atoms with Gasteiger partial charge >= 0.3 is 6.36 Å². The zero-order chi connectivity index (χ0) is 12.6. The van der Waals surface area contributed by atoms with Crippen molar-refractivity contribution in [2.75, 3.05) is 5.32 Å². The monoisotopic (exact) mass is 309 g/mol. The number of rotatable bonds is 1. The average Bonchev–Trinajstić information content (AvgIpc) is 2.21. The van der Waals surface area contributed by atoms with Crippen LogP contribution in [0.15, 0.2) is 16.6 Å². The Labute approximate surface area is 103 Å². The maximum atomic E-state index is 12.2. The van der Waals surface area contributed by atoms with Crippen LogP contribution < -0.4 is 10.1 Å². The Morgan fingerprint density at radius 1 is 1.29 bits per heavy atom. The summed E-state index contributed by atoms with van der Waals surface area (Å²) in [6.45, 7) is 0. The molecule has 1 heterocycles. The molecule has 0 aliphatic carbocycles. The summed E-state index contributed by atoms with van der Waals surface area (Å²) in [7, 11) is 0. The lowest BCUT2D eigenvalue weighted by Crippen LogP contribution is -2.23. The van der Waals surface area contributed by atoms with Crippen molar-refractivity contribution < 1.29 is 22.7 Å². The second kappa shape index (κ2) is 4.21. The number of fused-ring (bicyclic) bond motifs is 1. The van der Waals surface area contributed by atoms with Gasteiger partial charge in [0.15, 0.2) is 0 Å². The van der Waals surface area contributed by atoms with Crippen LogP contribution >= 0.6 is 15.9 Å². The van der Waals surface area contributed by atoms with Gasteiger partial charge in [0, 0.05) is 16.5 Å². The van der Waals surface area contributed by atoms with Crippen molar-refractivity contribution in [1.82, 2.24) is 0 Å². The molecular weight excluding hydrogens is 303 g/mol. The van der Waals surface area contributed by atoms with Gasteiger partial charge < -0.3 is 10.1 Å². The fourth-order valence-corrected chi connectivity index (χ4v) is 2.11. The molecule has 0 fully saturated rings. The van der Waals surface area contributed by atoms with Crippen molar-refractivity contribution >= 4 is 27.5 Å². The molecule has 1 N–H and O–H groups in total. The van der Waals surface area contributed by atoms with Crippen LogP contribution in [-0.4, -0.2) is 12.3 Å². The fraction of sp³-hybridized carbons (Fsp3) is 0.300. The standard InChI is InChI=1S/C10H7BrF3NO2/c11-6-2-3-7(17-10(12,13)14)5-1-4-8(16)15-9(5)6/h2-3H,1,4H2,(H,15,16). The Balaban J connectivity index is 2.42. The molecule has 1 aromatic rings. The van der Waals surface area contributed by atoms with Crippen LogP contribution in [0.3, 0.4) is 0 Å². The number of hydrogen-bond acceptors (Lipinski definition) is 2. The van der Waals surface area contributed by atoms with Crippen molar-refractivity contribution in [3.05, 3.63) is 22.2 Å². The fourth-order valence-electron chi connectivity index (χ4n) is 1.64. The molecule has 3 nitrogen and oxygen atoms in total. The number of alkyl halides is 3. The minimum Gasteiger partial charge on any atom is -0.405 e. The number of nitrogens with one attached hydrogen (secondary N) is 1. The van der Waals surface area contributed by atoms with E-state index in [1.807, 2.05) is 0 Å². The first kappa shape index (κ1) is 12.2. The van der Waals surface area contributed by atoms with Crippen LogP contribution in [0, 0.1) is 0 Å². The van der Waals surface area contributed by atoms with Crippen LogP contribution in [-0.2, 0) is 11.2 Å². The quantitative estimate of drug-likeness (QED) is 0.865. The summed E-state index contributed by atoms with van der Waals surface area (Å²) in [5, 5.41) is 2.52. The molecule has 1 amide bonds. The summed E-state index contributed by atoms with van der Waals surface area (Å²) < 4.78 is 41.0. The Kier molecular flexibility index (Phi) is 3.03. The van der Waals surface area contributed by atoms with E-state index in [0.717, 1.165) is 0 Å². The third kappa shape index (κ3) is 2.71. The predicted octanol–water partition coefficient (Wildman–Crippen LogP) is 3.23. The Morgan fingerprint density at radius 3 is 2.65 bits per heavy atom. The molecule has 0 radical (unpaired) electrons. The first-order chi connectivity index (χ1) is 7.87. The highest BCUT2D eigenvalue weighted by atomic mass is 79.9. The number of ether oxygens (including phenoxy) is 1. The van der Waals surface area contributed by atoms with Gasteiger partial charge in [0.25, 0.3) is 0 Å². The van der Waals surface area contributed by atoms with E-state index >= 15 is 0 Å². The van der Waals surface area contributed by atoms with Crippen LogP contribution in [0.1, 0.15) is 12.0 Å². The van der Waals surface area contributed by atoms with Crippen LogP contribution in [0.2, 0.25) is 0 Å². The molecule has 7 heteroatoms. The van der Waals surface area contributed by atoms with Gasteiger partial charge in [0.05, 0.1) is 5.69 Å². The highest BCUT2D eigenvalue weighted by molar-refractivity contribution is 9.10. The topological polar surface area (TPSA) is 38.3 Å². The maximum Gasteiger partial charge on any atom is 0.573 e. The van der Waals surface area contributed by atoms with Gasteiger partial charge in [-0.2, -0.15) is 0 Å². The van der Waals surface area contributed by atoms with Crippen LogP contribution in [0.5, 0.6) is 5.75 Å². The summed E-state index contributed by atoms with van der Waals surface area (Å²) in [6, 6.07) is 2.64. The molecule has 0 saturated heterocycles. The summed E-state index contributed by atoms with van der Waals surface area (Å²) in [5.74, 6) is -0.488. The number of benzene rings is 1. The van der Waals surface area contributed by atoms with Gasteiger partial charge in [-0.05, 0) is 34.5 Å². The molecule has 0 aromatic heterocycles. The first-order valence-corrected chi connectivity index (χ1v) is 5.53. The lowest BCUT2D eigenvalue weighted by Gasteiger charge is -2.21. The van der Waals surface area contributed by atoms with E-state index in [4.69, 9.17) is 0 Å². The molecule has 0 atom stereocenters. The van der Waals surface area contributed by atoms with E-state index in [0.29, 0.717) is 15.7 Å². The van der Waals surface area contributed by atoms with Crippen LogP contribution in [0.4, 0.5) is 18.9 Å². The molecular formula is C10H7BrF3NO2. The van der Waals surface area contributed by atoms with Gasteiger partial charge in [-0.25, -0.2) is 0 Å². The second-order valence-corrected chi connectivity index (χ2v) is 4.35. The molecule has 1 aliphatic heterocycles. The largest absolute Gasteiger partial charge is 0.573 e. The minimum absolute atomic E-state index is 0.150. The van der Waals surface area contributed by atoms with Crippen molar-refractivity contribution in [2.24, 2.45) is 0 Å². The van der Waals surface area contributed by atoms with Crippen molar-refractivity contribution in [3.8, 4) is 5.75 Å². The second-order valence-electron chi connectivity index (χ2n) is 3.50. The molecule has 0 saturated carbocycles. The highest BCUT2D eigenvalue weighted by Gasteiger charge is 2.33. The van der Waals surface area contributed by atoms with Gasteiger partial charge in [0.2, 0.25) is 5.91 Å². The molecule has 0 spiro atoms. The number of carbonyl (C=O) groups excluding carboxylic acids is 1. The maximum absolute atomic E-state index is 12.2. The van der Waals surface area contributed by atoms with E-state index in [1.54, 1.807) is 0 Å². The Hall–Kier alpha value is -1.24. The number of amides is 1. The van der Waals surface area contributed by atoms with Crippen molar-refractivity contribution in [3.63, 3.8) is 0 Å². The highest BCUT2D eigenvalue weighted by Crippen LogP contribution is 2.38. The van der Waals surface area contributed by atoms with E-state index in [1.165, 1.54) is 12.1 Å². The zero-order valence-corrected chi connectivity index (χ0v) is 9.98. The third-order valence-corrected chi connectivity index (χ3v) is 2.97. The van der Waals surface area contributed by atoms with E-state index in [2.05, 4.69) is 26.0 Å². The molecule has 0 unspecified atom stereocenters. The SMILES string of the molecule is O=C1CCc2c(OC(F)(F)F)ccc(Br)c2N1. The van der Waals surface area contributed by atoms with Crippen molar-refractivity contribution in [2.45, 2.75) is 19.2 Å². The molecule has 1 aromatic carbocycles. The first-order valence-electron chi connectivity index (χ1n) is 4.74. The van der Waals surface area contributed by atoms with E-state index in [-0.39, 0.29) is 24.5 Å². The number of halogens is 4. The predicted molar refractivity (Wildman–Crippen MR) is 57.8 cm³/mol. The van der Waals surface area contributed by atoms with E-state index in [9.17, 15) is 18.0 Å². The average molecular weight is 310 g/mol. The van der Waals surface area contributed by atoms with Gasteiger partial charge in [-0.1, -0.05) is 0 Å². The molecule has 2 rings (SSSR count). The zero-order valence-electron chi connectivity index (χ0n) is 8.40. The Morgan fingerprint density at radius 2 is 2.00 bits per heavy atom.